The Balaban J connectivity index is 2.11. The predicted molar refractivity (Wildman–Crippen MR) is 70.2 cm³/mol. The molecule has 0 N–H and O–H groups in total. The Morgan fingerprint density at radius 2 is 2.12 bits per heavy atom. The topological polar surface area (TPSA) is 29.5 Å². The van der Waals surface area contributed by atoms with Crippen LogP contribution in [-0.2, 0) is 4.74 Å². The Labute approximate surface area is 109 Å². The number of hydrogen-bond acceptors (Lipinski definition) is 2. The quantitative estimate of drug-likeness (QED) is 0.631. The van der Waals surface area contributed by atoms with Crippen LogP contribution in [0.4, 0.5) is 4.79 Å². The van der Waals surface area contributed by atoms with Gasteiger partial charge in [0, 0.05) is 11.9 Å². The van der Waals surface area contributed by atoms with Gasteiger partial charge in [-0.1, -0.05) is 58.4 Å². The van der Waals surface area contributed by atoms with Crippen molar-refractivity contribution in [3.05, 3.63) is 48.0 Å². The van der Waals surface area contributed by atoms with Gasteiger partial charge in [-0.3, -0.25) is 4.90 Å². The minimum Gasteiger partial charge on any atom is -0.447 e. The SMILES string of the molecule is O=C1OCC(c2ccccc2)N1C/C=C/CBr. The molecule has 90 valence electrons. The minimum atomic E-state index is -0.238. The van der Waals surface area contributed by atoms with Crippen molar-refractivity contribution in [2.24, 2.45) is 0 Å². The van der Waals surface area contributed by atoms with Crippen molar-refractivity contribution in [3.63, 3.8) is 0 Å². The Hall–Kier alpha value is -1.29. The lowest BCUT2D eigenvalue weighted by atomic mass is 10.1. The summed E-state index contributed by atoms with van der Waals surface area (Å²) in [5, 5.41) is 0.798. The van der Waals surface area contributed by atoms with E-state index < -0.39 is 0 Å². The van der Waals surface area contributed by atoms with Gasteiger partial charge in [-0.05, 0) is 5.56 Å². The third-order valence-corrected chi connectivity index (χ3v) is 3.09. The average Bonchev–Trinajstić information content (AvgIpc) is 2.73. The summed E-state index contributed by atoms with van der Waals surface area (Å²) in [6, 6.07) is 10.00. The van der Waals surface area contributed by atoms with Gasteiger partial charge in [0.1, 0.15) is 6.61 Å². The molecule has 1 atom stereocenters. The Kier molecular flexibility index (Phi) is 4.20. The number of carbonyl (C=O) groups is 1. The lowest BCUT2D eigenvalue weighted by Crippen LogP contribution is -2.27. The van der Waals surface area contributed by atoms with Crippen molar-refractivity contribution in [2.75, 3.05) is 18.5 Å². The molecule has 3 nitrogen and oxygen atoms in total. The van der Waals surface area contributed by atoms with Crippen LogP contribution in [-0.4, -0.2) is 29.5 Å². The van der Waals surface area contributed by atoms with Crippen LogP contribution in [0.25, 0.3) is 0 Å². The molecule has 1 aromatic carbocycles. The zero-order chi connectivity index (χ0) is 12.1. The smallest absolute Gasteiger partial charge is 0.410 e. The van der Waals surface area contributed by atoms with Crippen LogP contribution in [0.1, 0.15) is 11.6 Å². The molecule has 1 fully saturated rings. The van der Waals surface area contributed by atoms with Crippen molar-refractivity contribution in [1.82, 2.24) is 4.90 Å². The van der Waals surface area contributed by atoms with E-state index in [-0.39, 0.29) is 12.1 Å². The van der Waals surface area contributed by atoms with E-state index in [0.29, 0.717) is 13.2 Å². The number of ether oxygens (including phenoxy) is 1. The van der Waals surface area contributed by atoms with Crippen molar-refractivity contribution in [3.8, 4) is 0 Å². The summed E-state index contributed by atoms with van der Waals surface area (Å²) in [6.07, 6.45) is 3.71. The Morgan fingerprint density at radius 3 is 2.82 bits per heavy atom. The van der Waals surface area contributed by atoms with Gasteiger partial charge in [-0.15, -0.1) is 0 Å². The minimum absolute atomic E-state index is 0.0312. The van der Waals surface area contributed by atoms with E-state index in [1.807, 2.05) is 42.5 Å². The van der Waals surface area contributed by atoms with Crippen molar-refractivity contribution in [2.45, 2.75) is 6.04 Å². The van der Waals surface area contributed by atoms with E-state index in [0.717, 1.165) is 10.9 Å². The summed E-state index contributed by atoms with van der Waals surface area (Å²) in [7, 11) is 0. The van der Waals surface area contributed by atoms with Crippen LogP contribution in [0.5, 0.6) is 0 Å². The summed E-state index contributed by atoms with van der Waals surface area (Å²) in [4.78, 5) is 13.4. The molecule has 1 aliphatic heterocycles. The summed E-state index contributed by atoms with van der Waals surface area (Å²) in [6.45, 7) is 1.02. The van der Waals surface area contributed by atoms with Gasteiger partial charge < -0.3 is 4.74 Å². The average molecular weight is 296 g/mol. The molecule has 0 bridgehead atoms. The molecule has 1 heterocycles. The van der Waals surface area contributed by atoms with E-state index in [1.165, 1.54) is 0 Å². The zero-order valence-corrected chi connectivity index (χ0v) is 11.0. The van der Waals surface area contributed by atoms with Gasteiger partial charge in [-0.2, -0.15) is 0 Å². The zero-order valence-electron chi connectivity index (χ0n) is 9.38. The fourth-order valence-electron chi connectivity index (χ4n) is 1.85. The lowest BCUT2D eigenvalue weighted by Gasteiger charge is -2.19. The molecule has 1 aliphatic rings. The molecule has 0 saturated carbocycles. The molecule has 2 rings (SSSR count). The molecule has 1 amide bonds. The molecule has 4 heteroatoms. The first-order chi connectivity index (χ1) is 8.33. The van der Waals surface area contributed by atoms with Crippen molar-refractivity contribution < 1.29 is 9.53 Å². The number of benzene rings is 1. The number of amides is 1. The predicted octanol–water partition coefficient (Wildman–Crippen LogP) is 3.13. The summed E-state index contributed by atoms with van der Waals surface area (Å²) >= 11 is 3.31. The Morgan fingerprint density at radius 1 is 1.35 bits per heavy atom. The largest absolute Gasteiger partial charge is 0.447 e. The van der Waals surface area contributed by atoms with Crippen LogP contribution >= 0.6 is 15.9 Å². The normalized spacial score (nSPS) is 19.9. The molecule has 1 aromatic rings. The third kappa shape index (κ3) is 2.88. The van der Waals surface area contributed by atoms with Gasteiger partial charge in [0.25, 0.3) is 0 Å². The maximum Gasteiger partial charge on any atom is 0.410 e. The van der Waals surface area contributed by atoms with E-state index in [4.69, 9.17) is 4.74 Å². The van der Waals surface area contributed by atoms with E-state index in [2.05, 4.69) is 15.9 Å². The third-order valence-electron chi connectivity index (χ3n) is 2.72. The molecule has 1 unspecified atom stereocenters. The number of carbonyl (C=O) groups excluding carboxylic acids is 1. The van der Waals surface area contributed by atoms with Gasteiger partial charge in [-0.25, -0.2) is 4.79 Å². The fourth-order valence-corrected chi connectivity index (χ4v) is 2.12. The second-order valence-corrected chi connectivity index (χ2v) is 4.43. The number of allylic oxidation sites excluding steroid dienone is 1. The van der Waals surface area contributed by atoms with E-state index in [1.54, 1.807) is 4.90 Å². The molecular weight excluding hydrogens is 282 g/mol. The second kappa shape index (κ2) is 5.87. The van der Waals surface area contributed by atoms with Crippen molar-refractivity contribution >= 4 is 22.0 Å². The standard InChI is InChI=1S/C13H14BrNO2/c14-8-4-5-9-15-12(10-17-13(15)16)11-6-2-1-3-7-11/h1-7,12H,8-10H2/b5-4+. The summed E-state index contributed by atoms with van der Waals surface area (Å²) < 4.78 is 5.10. The van der Waals surface area contributed by atoms with Crippen LogP contribution in [0.2, 0.25) is 0 Å². The van der Waals surface area contributed by atoms with Gasteiger partial charge in [0.15, 0.2) is 0 Å². The van der Waals surface area contributed by atoms with Gasteiger partial charge in [0.2, 0.25) is 0 Å². The van der Waals surface area contributed by atoms with Crippen LogP contribution in [0.3, 0.4) is 0 Å². The lowest BCUT2D eigenvalue weighted by molar-refractivity contribution is 0.160. The number of nitrogens with zero attached hydrogens (tertiary/aromatic N) is 1. The van der Waals surface area contributed by atoms with Crippen LogP contribution < -0.4 is 0 Å². The molecule has 17 heavy (non-hydrogen) atoms. The number of hydrogen-bond donors (Lipinski definition) is 0. The molecule has 1 saturated heterocycles. The highest BCUT2D eigenvalue weighted by Crippen LogP contribution is 2.27. The second-order valence-electron chi connectivity index (χ2n) is 3.78. The fraction of sp³-hybridized carbons (Fsp3) is 0.308. The molecule has 0 aliphatic carbocycles. The van der Waals surface area contributed by atoms with E-state index in [9.17, 15) is 4.79 Å². The van der Waals surface area contributed by atoms with Crippen molar-refractivity contribution in [1.29, 1.82) is 0 Å². The van der Waals surface area contributed by atoms with Crippen LogP contribution in [0.15, 0.2) is 42.5 Å². The first kappa shape index (κ1) is 12.2. The molecule has 0 aromatic heterocycles. The highest BCUT2D eigenvalue weighted by atomic mass is 79.9. The number of rotatable bonds is 4. The highest BCUT2D eigenvalue weighted by Gasteiger charge is 2.32. The maximum absolute atomic E-state index is 11.6. The monoisotopic (exact) mass is 295 g/mol. The first-order valence-corrected chi connectivity index (χ1v) is 6.64. The van der Waals surface area contributed by atoms with Gasteiger partial charge >= 0.3 is 6.09 Å². The van der Waals surface area contributed by atoms with Gasteiger partial charge in [0.05, 0.1) is 6.04 Å². The Bertz CT molecular complexity index is 405. The first-order valence-electron chi connectivity index (χ1n) is 5.52. The number of alkyl halides is 1. The molecular formula is C13H14BrNO2. The number of cyclic esters (lactones) is 1. The maximum atomic E-state index is 11.6. The summed E-state index contributed by atoms with van der Waals surface area (Å²) in [5.74, 6) is 0. The number of halogens is 1. The molecule has 0 radical (unpaired) electrons. The van der Waals surface area contributed by atoms with E-state index >= 15 is 0 Å². The molecule has 0 spiro atoms. The van der Waals surface area contributed by atoms with Crippen LogP contribution in [0, 0.1) is 0 Å². The highest BCUT2D eigenvalue weighted by molar-refractivity contribution is 9.09. The summed E-state index contributed by atoms with van der Waals surface area (Å²) in [5.41, 5.74) is 1.12.